The second kappa shape index (κ2) is 9.20. The normalized spacial score (nSPS) is 16.9. The van der Waals surface area contributed by atoms with Crippen molar-refractivity contribution in [2.75, 3.05) is 13.1 Å². The Balaban J connectivity index is 1.49. The van der Waals surface area contributed by atoms with Gasteiger partial charge in [0, 0.05) is 19.5 Å². The van der Waals surface area contributed by atoms with Crippen LogP contribution >= 0.6 is 0 Å². The highest BCUT2D eigenvalue weighted by Crippen LogP contribution is 2.37. The molecule has 0 bridgehead atoms. The molecule has 0 saturated carbocycles. The third-order valence-corrected chi connectivity index (χ3v) is 8.22. The van der Waals surface area contributed by atoms with E-state index in [0.717, 1.165) is 29.2 Å². The second-order valence-electron chi connectivity index (χ2n) is 8.20. The van der Waals surface area contributed by atoms with Crippen LogP contribution in [0.2, 0.25) is 0 Å². The van der Waals surface area contributed by atoms with Gasteiger partial charge in [-0.1, -0.05) is 60.7 Å². The zero-order valence-electron chi connectivity index (χ0n) is 17.4. The lowest BCUT2D eigenvalue weighted by atomic mass is 9.78. The summed E-state index contributed by atoms with van der Waals surface area (Å²) in [5.41, 5.74) is 1.14. The minimum Gasteiger partial charge on any atom is -0.481 e. The number of hydrogen-bond donors (Lipinski definition) is 1. The van der Waals surface area contributed by atoms with E-state index in [2.05, 4.69) is 0 Å². The highest BCUT2D eigenvalue weighted by Gasteiger charge is 2.33. The first-order valence-corrected chi connectivity index (χ1v) is 12.1. The van der Waals surface area contributed by atoms with Gasteiger partial charge in [-0.15, -0.1) is 0 Å². The third-order valence-electron chi connectivity index (χ3n) is 6.32. The van der Waals surface area contributed by atoms with E-state index in [1.54, 1.807) is 16.4 Å². The summed E-state index contributed by atoms with van der Waals surface area (Å²) in [7, 11) is -3.55. The molecule has 1 aliphatic heterocycles. The maximum atomic E-state index is 13.2. The summed E-state index contributed by atoms with van der Waals surface area (Å²) in [5.74, 6) is -0.398. The maximum Gasteiger partial charge on any atom is 0.303 e. The number of carbonyl (C=O) groups is 1. The van der Waals surface area contributed by atoms with Crippen LogP contribution in [-0.2, 0) is 14.8 Å². The smallest absolute Gasteiger partial charge is 0.303 e. The van der Waals surface area contributed by atoms with E-state index in [1.165, 1.54) is 0 Å². The van der Waals surface area contributed by atoms with Crippen molar-refractivity contribution in [1.82, 2.24) is 4.31 Å². The summed E-state index contributed by atoms with van der Waals surface area (Å²) in [5, 5.41) is 11.1. The molecule has 0 aliphatic carbocycles. The molecule has 1 saturated heterocycles. The van der Waals surface area contributed by atoms with Gasteiger partial charge in [0.15, 0.2) is 0 Å². The number of fused-ring (bicyclic) bond motifs is 1. The van der Waals surface area contributed by atoms with Crippen LogP contribution < -0.4 is 0 Å². The van der Waals surface area contributed by atoms with E-state index < -0.39 is 16.0 Å². The molecule has 162 valence electrons. The Morgan fingerprint density at radius 3 is 2.26 bits per heavy atom. The highest BCUT2D eigenvalue weighted by atomic mass is 32.2. The summed E-state index contributed by atoms with van der Waals surface area (Å²) in [6.45, 7) is 0.909. The van der Waals surface area contributed by atoms with Gasteiger partial charge in [-0.2, -0.15) is 4.31 Å². The van der Waals surface area contributed by atoms with Crippen molar-refractivity contribution in [3.63, 3.8) is 0 Å². The summed E-state index contributed by atoms with van der Waals surface area (Å²) < 4.78 is 28.1. The zero-order valence-corrected chi connectivity index (χ0v) is 18.2. The van der Waals surface area contributed by atoms with E-state index in [1.807, 2.05) is 60.7 Å². The molecule has 1 heterocycles. The van der Waals surface area contributed by atoms with Crippen molar-refractivity contribution >= 4 is 26.8 Å². The molecule has 3 aromatic rings. The van der Waals surface area contributed by atoms with Crippen LogP contribution in [0.15, 0.2) is 77.7 Å². The molecule has 4 rings (SSSR count). The lowest BCUT2D eigenvalue weighted by Crippen LogP contribution is -2.39. The number of benzene rings is 3. The Hall–Kier alpha value is -2.70. The molecule has 1 fully saturated rings. The summed E-state index contributed by atoms with van der Waals surface area (Å²) >= 11 is 0. The molecule has 31 heavy (non-hydrogen) atoms. The number of sulfonamides is 1. The second-order valence-corrected chi connectivity index (χ2v) is 10.1. The van der Waals surface area contributed by atoms with Gasteiger partial charge in [0.1, 0.15) is 0 Å². The predicted molar refractivity (Wildman–Crippen MR) is 121 cm³/mol. The highest BCUT2D eigenvalue weighted by molar-refractivity contribution is 7.89. The molecule has 5 nitrogen and oxygen atoms in total. The first-order valence-electron chi connectivity index (χ1n) is 10.7. The third kappa shape index (κ3) is 4.81. The zero-order chi connectivity index (χ0) is 21.8. The van der Waals surface area contributed by atoms with Crippen LogP contribution in [0, 0.1) is 5.92 Å². The van der Waals surface area contributed by atoms with Crippen LogP contribution in [-0.4, -0.2) is 36.9 Å². The van der Waals surface area contributed by atoms with Crippen molar-refractivity contribution in [1.29, 1.82) is 0 Å². The standard InChI is InChI=1S/C25H27NO4S/c27-25(28)13-12-24(20-7-2-1-3-8-20)21-14-16-26(17-15-21)31(29,30)23-11-10-19-6-4-5-9-22(19)18-23/h1-11,18,21,24H,12-17H2,(H,27,28). The van der Waals surface area contributed by atoms with E-state index in [0.29, 0.717) is 24.4 Å². The Bertz CT molecular complexity index is 1150. The van der Waals surface area contributed by atoms with Crippen molar-refractivity contribution in [2.45, 2.75) is 36.5 Å². The van der Waals surface area contributed by atoms with Crippen LogP contribution in [0.3, 0.4) is 0 Å². The fraction of sp³-hybridized carbons (Fsp3) is 0.320. The van der Waals surface area contributed by atoms with Crippen LogP contribution in [0.25, 0.3) is 10.8 Å². The summed E-state index contributed by atoms with van der Waals surface area (Å²) in [4.78, 5) is 11.5. The Labute approximate surface area is 183 Å². The van der Waals surface area contributed by atoms with Gasteiger partial charge in [-0.25, -0.2) is 8.42 Å². The number of hydrogen-bond acceptors (Lipinski definition) is 3. The average Bonchev–Trinajstić information content (AvgIpc) is 2.80. The van der Waals surface area contributed by atoms with Gasteiger partial charge in [0.25, 0.3) is 0 Å². The van der Waals surface area contributed by atoms with Crippen molar-refractivity contribution in [3.05, 3.63) is 78.4 Å². The number of piperidine rings is 1. The first-order chi connectivity index (χ1) is 14.9. The first kappa shape index (κ1) is 21.5. The van der Waals surface area contributed by atoms with Crippen molar-refractivity contribution in [2.24, 2.45) is 5.92 Å². The number of rotatable bonds is 7. The minimum atomic E-state index is -3.55. The minimum absolute atomic E-state index is 0.120. The lowest BCUT2D eigenvalue weighted by molar-refractivity contribution is -0.137. The Morgan fingerprint density at radius 1 is 0.935 bits per heavy atom. The molecule has 0 amide bonds. The fourth-order valence-electron chi connectivity index (χ4n) is 4.65. The number of nitrogens with zero attached hydrogens (tertiary/aromatic N) is 1. The molecule has 0 radical (unpaired) electrons. The Morgan fingerprint density at radius 2 is 1.58 bits per heavy atom. The molecule has 3 aromatic carbocycles. The average molecular weight is 438 g/mol. The van der Waals surface area contributed by atoms with Gasteiger partial charge in [0.2, 0.25) is 10.0 Å². The molecule has 1 N–H and O–H groups in total. The number of carboxylic acid groups (broad SMARTS) is 1. The van der Waals surface area contributed by atoms with E-state index in [4.69, 9.17) is 0 Å². The molecule has 0 spiro atoms. The SMILES string of the molecule is O=C(O)CCC(c1ccccc1)C1CCN(S(=O)(=O)c2ccc3ccccc3c2)CC1. The number of carboxylic acids is 1. The monoisotopic (exact) mass is 437 g/mol. The van der Waals surface area contributed by atoms with E-state index in [9.17, 15) is 18.3 Å². The van der Waals surface area contributed by atoms with Gasteiger partial charge < -0.3 is 5.11 Å². The van der Waals surface area contributed by atoms with Gasteiger partial charge in [-0.3, -0.25) is 4.79 Å². The van der Waals surface area contributed by atoms with Crippen LogP contribution in [0.5, 0.6) is 0 Å². The van der Waals surface area contributed by atoms with Crippen molar-refractivity contribution < 1.29 is 18.3 Å². The van der Waals surface area contributed by atoms with Crippen LogP contribution in [0.1, 0.15) is 37.2 Å². The van der Waals surface area contributed by atoms with E-state index in [-0.39, 0.29) is 18.3 Å². The molecule has 0 aromatic heterocycles. The molecular formula is C25H27NO4S. The van der Waals surface area contributed by atoms with Gasteiger partial charge in [0.05, 0.1) is 4.90 Å². The predicted octanol–water partition coefficient (Wildman–Crippen LogP) is 4.89. The van der Waals surface area contributed by atoms with Gasteiger partial charge in [-0.05, 0) is 59.6 Å². The molecule has 1 atom stereocenters. The maximum absolute atomic E-state index is 13.2. The lowest BCUT2D eigenvalue weighted by Gasteiger charge is -2.35. The molecule has 1 aliphatic rings. The largest absolute Gasteiger partial charge is 0.481 e. The molecule has 1 unspecified atom stereocenters. The number of aliphatic carboxylic acids is 1. The summed E-state index contributed by atoms with van der Waals surface area (Å²) in [6, 6.07) is 23.0. The summed E-state index contributed by atoms with van der Waals surface area (Å²) in [6.07, 6.45) is 2.15. The molecule has 6 heteroatoms. The van der Waals surface area contributed by atoms with E-state index >= 15 is 0 Å². The van der Waals surface area contributed by atoms with Gasteiger partial charge >= 0.3 is 5.97 Å². The Kier molecular flexibility index (Phi) is 6.39. The topological polar surface area (TPSA) is 74.7 Å². The van der Waals surface area contributed by atoms with Crippen LogP contribution in [0.4, 0.5) is 0 Å². The molecular weight excluding hydrogens is 410 g/mol. The van der Waals surface area contributed by atoms with Crippen molar-refractivity contribution in [3.8, 4) is 0 Å². The quantitative estimate of drug-likeness (QED) is 0.571. The fourth-order valence-corrected chi connectivity index (χ4v) is 6.15.